The van der Waals surface area contributed by atoms with Gasteiger partial charge in [-0.25, -0.2) is 0 Å². The zero-order valence-corrected chi connectivity index (χ0v) is 15.2. The smallest absolute Gasteiger partial charge is 0.231 e. The molecule has 1 saturated heterocycles. The lowest BCUT2D eigenvalue weighted by Gasteiger charge is -2.17. The quantitative estimate of drug-likeness (QED) is 0.882. The van der Waals surface area contributed by atoms with Crippen LogP contribution in [0.1, 0.15) is 23.1 Å². The van der Waals surface area contributed by atoms with Crippen LogP contribution in [0.3, 0.4) is 0 Å². The lowest BCUT2D eigenvalue weighted by molar-refractivity contribution is -0.129. The second kappa shape index (κ2) is 7.31. The SMILES string of the molecule is Cc1cccc(CNC(=O)C2CC(=O)N(Cc3ccc4c(c3)OCO4)C2)c1. The largest absolute Gasteiger partial charge is 0.454 e. The lowest BCUT2D eigenvalue weighted by Crippen LogP contribution is -2.32. The van der Waals surface area contributed by atoms with Gasteiger partial charge < -0.3 is 19.7 Å². The van der Waals surface area contributed by atoms with E-state index in [-0.39, 0.29) is 30.9 Å². The van der Waals surface area contributed by atoms with Crippen LogP contribution in [0.5, 0.6) is 11.5 Å². The highest BCUT2D eigenvalue weighted by atomic mass is 16.7. The molecular formula is C21H22N2O4. The molecule has 140 valence electrons. The van der Waals surface area contributed by atoms with Crippen molar-refractivity contribution in [2.75, 3.05) is 13.3 Å². The summed E-state index contributed by atoms with van der Waals surface area (Å²) < 4.78 is 10.7. The first-order valence-corrected chi connectivity index (χ1v) is 9.08. The highest BCUT2D eigenvalue weighted by Crippen LogP contribution is 2.33. The maximum atomic E-state index is 12.5. The number of aryl methyl sites for hydroxylation is 1. The van der Waals surface area contributed by atoms with E-state index in [4.69, 9.17) is 9.47 Å². The van der Waals surface area contributed by atoms with E-state index in [0.717, 1.165) is 22.4 Å². The molecule has 0 aromatic heterocycles. The lowest BCUT2D eigenvalue weighted by atomic mass is 10.1. The number of carbonyl (C=O) groups excluding carboxylic acids is 2. The van der Waals surface area contributed by atoms with Gasteiger partial charge >= 0.3 is 0 Å². The van der Waals surface area contributed by atoms with Gasteiger partial charge in [0.05, 0.1) is 5.92 Å². The Morgan fingerprint density at radius 1 is 1.15 bits per heavy atom. The molecule has 2 aliphatic heterocycles. The molecule has 6 nitrogen and oxygen atoms in total. The predicted molar refractivity (Wildman–Crippen MR) is 99.1 cm³/mol. The highest BCUT2D eigenvalue weighted by Gasteiger charge is 2.34. The average Bonchev–Trinajstić information content (AvgIpc) is 3.26. The number of fused-ring (bicyclic) bond motifs is 1. The normalized spacial score (nSPS) is 18.0. The molecule has 1 unspecified atom stereocenters. The number of carbonyl (C=O) groups is 2. The Kier molecular flexibility index (Phi) is 4.71. The molecule has 0 spiro atoms. The van der Waals surface area contributed by atoms with Crippen molar-refractivity contribution in [2.45, 2.75) is 26.4 Å². The first-order valence-electron chi connectivity index (χ1n) is 9.08. The number of ether oxygens (including phenoxy) is 2. The number of nitrogens with zero attached hydrogens (tertiary/aromatic N) is 1. The Bertz CT molecular complexity index is 880. The second-order valence-corrected chi connectivity index (χ2v) is 7.07. The van der Waals surface area contributed by atoms with Crippen molar-refractivity contribution >= 4 is 11.8 Å². The minimum absolute atomic E-state index is 0.00312. The molecule has 0 radical (unpaired) electrons. The Labute approximate surface area is 158 Å². The van der Waals surface area contributed by atoms with E-state index >= 15 is 0 Å². The van der Waals surface area contributed by atoms with E-state index in [1.165, 1.54) is 0 Å². The molecule has 2 aromatic rings. The van der Waals surface area contributed by atoms with Crippen LogP contribution in [-0.2, 0) is 22.7 Å². The molecular weight excluding hydrogens is 344 g/mol. The molecule has 2 aromatic carbocycles. The zero-order valence-electron chi connectivity index (χ0n) is 15.2. The van der Waals surface area contributed by atoms with Gasteiger partial charge in [0.1, 0.15) is 0 Å². The Morgan fingerprint density at radius 3 is 2.85 bits per heavy atom. The van der Waals surface area contributed by atoms with Crippen molar-refractivity contribution in [3.63, 3.8) is 0 Å². The summed E-state index contributed by atoms with van der Waals surface area (Å²) in [7, 11) is 0. The average molecular weight is 366 g/mol. The van der Waals surface area contributed by atoms with Gasteiger partial charge in [-0.05, 0) is 30.2 Å². The molecule has 2 aliphatic rings. The second-order valence-electron chi connectivity index (χ2n) is 7.07. The van der Waals surface area contributed by atoms with E-state index < -0.39 is 0 Å². The van der Waals surface area contributed by atoms with Gasteiger partial charge in [-0.3, -0.25) is 9.59 Å². The number of amides is 2. The number of likely N-dealkylation sites (tertiary alicyclic amines) is 1. The van der Waals surface area contributed by atoms with Gasteiger partial charge in [-0.2, -0.15) is 0 Å². The standard InChI is InChI=1S/C21H22N2O4/c1-14-3-2-4-15(7-14)10-22-21(25)17-9-20(24)23(12-17)11-16-5-6-18-19(8-16)27-13-26-18/h2-8,17H,9-13H2,1H3,(H,22,25). The summed E-state index contributed by atoms with van der Waals surface area (Å²) in [6.45, 7) is 3.64. The monoisotopic (exact) mass is 366 g/mol. The fourth-order valence-electron chi connectivity index (χ4n) is 3.52. The summed E-state index contributed by atoms with van der Waals surface area (Å²) in [5.41, 5.74) is 3.19. The molecule has 0 bridgehead atoms. The summed E-state index contributed by atoms with van der Waals surface area (Å²) in [5, 5.41) is 2.95. The van der Waals surface area contributed by atoms with Crippen molar-refractivity contribution < 1.29 is 19.1 Å². The van der Waals surface area contributed by atoms with E-state index in [0.29, 0.717) is 25.4 Å². The van der Waals surface area contributed by atoms with E-state index in [2.05, 4.69) is 5.32 Å². The molecule has 1 atom stereocenters. The third kappa shape index (κ3) is 3.89. The van der Waals surface area contributed by atoms with E-state index in [9.17, 15) is 9.59 Å². The molecule has 27 heavy (non-hydrogen) atoms. The first kappa shape index (κ1) is 17.4. The Balaban J connectivity index is 1.33. The van der Waals surface area contributed by atoms with Crippen molar-refractivity contribution in [1.29, 1.82) is 0 Å². The zero-order chi connectivity index (χ0) is 18.8. The van der Waals surface area contributed by atoms with Crippen LogP contribution in [-0.4, -0.2) is 30.1 Å². The number of nitrogens with one attached hydrogen (secondary N) is 1. The molecule has 0 aliphatic carbocycles. The van der Waals surface area contributed by atoms with Gasteiger partial charge in [0, 0.05) is 26.1 Å². The Morgan fingerprint density at radius 2 is 2.00 bits per heavy atom. The molecule has 0 saturated carbocycles. The fraction of sp³-hybridized carbons (Fsp3) is 0.333. The molecule has 2 amide bonds. The third-order valence-corrected chi connectivity index (χ3v) is 4.94. The van der Waals surface area contributed by atoms with E-state index in [1.54, 1.807) is 4.90 Å². The summed E-state index contributed by atoms with van der Waals surface area (Å²) in [6, 6.07) is 13.7. The number of hydrogen-bond donors (Lipinski definition) is 1. The maximum absolute atomic E-state index is 12.5. The molecule has 4 rings (SSSR count). The van der Waals surface area contributed by atoms with E-state index in [1.807, 2.05) is 49.4 Å². The van der Waals surface area contributed by atoms with Crippen LogP contribution in [0.2, 0.25) is 0 Å². The molecule has 6 heteroatoms. The minimum atomic E-state index is -0.309. The van der Waals surface area contributed by atoms with Crippen LogP contribution in [0, 0.1) is 12.8 Å². The highest BCUT2D eigenvalue weighted by molar-refractivity contribution is 5.89. The van der Waals surface area contributed by atoms with Gasteiger partial charge in [0.25, 0.3) is 0 Å². The first-order chi connectivity index (χ1) is 13.1. The fourth-order valence-corrected chi connectivity index (χ4v) is 3.52. The molecule has 1 N–H and O–H groups in total. The summed E-state index contributed by atoms with van der Waals surface area (Å²) in [6.07, 6.45) is 0.254. The minimum Gasteiger partial charge on any atom is -0.454 e. The molecule has 2 heterocycles. The third-order valence-electron chi connectivity index (χ3n) is 4.94. The van der Waals surface area contributed by atoms with Crippen molar-refractivity contribution in [3.05, 3.63) is 59.2 Å². The van der Waals surface area contributed by atoms with Gasteiger partial charge in [0.15, 0.2) is 11.5 Å². The summed E-state index contributed by atoms with van der Waals surface area (Å²) in [4.78, 5) is 26.5. The van der Waals surface area contributed by atoms with Gasteiger partial charge in [-0.1, -0.05) is 35.9 Å². The van der Waals surface area contributed by atoms with Gasteiger partial charge in [-0.15, -0.1) is 0 Å². The van der Waals surface area contributed by atoms with Crippen LogP contribution in [0.4, 0.5) is 0 Å². The topological polar surface area (TPSA) is 67.9 Å². The van der Waals surface area contributed by atoms with Crippen molar-refractivity contribution in [3.8, 4) is 11.5 Å². The maximum Gasteiger partial charge on any atom is 0.231 e. The van der Waals surface area contributed by atoms with Crippen LogP contribution in [0.25, 0.3) is 0 Å². The van der Waals surface area contributed by atoms with Gasteiger partial charge in [0.2, 0.25) is 18.6 Å². The summed E-state index contributed by atoms with van der Waals surface area (Å²) >= 11 is 0. The Hall–Kier alpha value is -3.02. The summed E-state index contributed by atoms with van der Waals surface area (Å²) in [5.74, 6) is 1.05. The van der Waals surface area contributed by atoms with Crippen LogP contribution >= 0.6 is 0 Å². The molecule has 1 fully saturated rings. The number of rotatable bonds is 5. The van der Waals surface area contributed by atoms with Crippen molar-refractivity contribution in [1.82, 2.24) is 10.2 Å². The van der Waals surface area contributed by atoms with Crippen LogP contribution in [0.15, 0.2) is 42.5 Å². The number of hydrogen-bond acceptors (Lipinski definition) is 4. The number of benzene rings is 2. The van der Waals surface area contributed by atoms with Crippen molar-refractivity contribution in [2.24, 2.45) is 5.92 Å². The van der Waals surface area contributed by atoms with Crippen LogP contribution < -0.4 is 14.8 Å². The predicted octanol–water partition coefficient (Wildman–Crippen LogP) is 2.39.